The number of hydrogen-bond acceptors (Lipinski definition) is 3. The lowest BCUT2D eigenvalue weighted by Gasteiger charge is -2.36. The molecule has 5 nitrogen and oxygen atoms in total. The highest BCUT2D eigenvalue weighted by molar-refractivity contribution is 5.94. The number of carboxylic acid groups (broad SMARTS) is 1. The number of aromatic nitrogens is 1. The molecule has 0 radical (unpaired) electrons. The number of pyridine rings is 1. The molecular weight excluding hydrogens is 244 g/mol. The number of carboxylic acids is 1. The van der Waals surface area contributed by atoms with E-state index < -0.39 is 5.97 Å². The average molecular weight is 262 g/mol. The minimum Gasteiger partial charge on any atom is -0.477 e. The Morgan fingerprint density at radius 2 is 1.95 bits per heavy atom. The molecule has 0 aliphatic carbocycles. The van der Waals surface area contributed by atoms with E-state index in [4.69, 9.17) is 5.11 Å². The van der Waals surface area contributed by atoms with Crippen LogP contribution in [-0.2, 0) is 0 Å². The zero-order valence-corrected chi connectivity index (χ0v) is 11.2. The number of carbonyl (C=O) groups is 2. The van der Waals surface area contributed by atoms with E-state index in [9.17, 15) is 9.59 Å². The summed E-state index contributed by atoms with van der Waals surface area (Å²) in [7, 11) is 0. The lowest BCUT2D eigenvalue weighted by Crippen LogP contribution is -2.45. The number of nitrogens with zero attached hydrogens (tertiary/aromatic N) is 2. The fraction of sp³-hybridized carbons (Fsp3) is 0.500. The first-order valence-corrected chi connectivity index (χ1v) is 6.50. The van der Waals surface area contributed by atoms with Crippen LogP contribution in [0.5, 0.6) is 0 Å². The Labute approximate surface area is 112 Å². The molecule has 2 unspecified atom stereocenters. The first-order chi connectivity index (χ1) is 8.99. The Morgan fingerprint density at radius 1 is 1.26 bits per heavy atom. The minimum atomic E-state index is -1.12. The fourth-order valence-corrected chi connectivity index (χ4v) is 2.39. The summed E-state index contributed by atoms with van der Waals surface area (Å²) in [5.41, 5.74) is 0.115. The third-order valence-electron chi connectivity index (χ3n) is 3.57. The monoisotopic (exact) mass is 262 g/mol. The van der Waals surface area contributed by atoms with Crippen molar-refractivity contribution >= 4 is 11.9 Å². The van der Waals surface area contributed by atoms with E-state index in [1.807, 2.05) is 6.92 Å². The number of amides is 1. The molecule has 2 rings (SSSR count). The molecule has 1 aliphatic rings. The predicted octanol–water partition coefficient (Wildman–Crippen LogP) is 2.04. The van der Waals surface area contributed by atoms with Crippen LogP contribution in [0, 0.1) is 5.92 Å². The second-order valence-corrected chi connectivity index (χ2v) is 5.20. The summed E-state index contributed by atoms with van der Waals surface area (Å²) in [5.74, 6) is -0.820. The van der Waals surface area contributed by atoms with Gasteiger partial charge in [0.15, 0.2) is 0 Å². The highest BCUT2D eigenvalue weighted by Gasteiger charge is 2.28. The third-order valence-corrected chi connectivity index (χ3v) is 3.57. The van der Waals surface area contributed by atoms with E-state index in [-0.39, 0.29) is 23.3 Å². The second kappa shape index (κ2) is 5.38. The molecule has 0 spiro atoms. The lowest BCUT2D eigenvalue weighted by atomic mass is 9.95. The summed E-state index contributed by atoms with van der Waals surface area (Å²) < 4.78 is 0. The zero-order valence-electron chi connectivity index (χ0n) is 11.2. The lowest BCUT2D eigenvalue weighted by molar-refractivity contribution is 0.0567. The van der Waals surface area contributed by atoms with Crippen LogP contribution in [0.2, 0.25) is 0 Å². The zero-order chi connectivity index (χ0) is 14.0. The number of rotatable bonds is 2. The molecule has 1 fully saturated rings. The molecule has 1 aromatic rings. The molecule has 1 N–H and O–H groups in total. The highest BCUT2D eigenvalue weighted by Crippen LogP contribution is 2.22. The maximum absolute atomic E-state index is 12.4. The van der Waals surface area contributed by atoms with Crippen LogP contribution in [0.4, 0.5) is 0 Å². The van der Waals surface area contributed by atoms with E-state index >= 15 is 0 Å². The number of hydrogen-bond donors (Lipinski definition) is 1. The van der Waals surface area contributed by atoms with E-state index in [0.717, 1.165) is 12.8 Å². The van der Waals surface area contributed by atoms with E-state index in [2.05, 4.69) is 11.9 Å². The molecule has 19 heavy (non-hydrogen) atoms. The SMILES string of the molecule is CC1CCC(C)N(C(=O)c2cccc(C(=O)O)n2)C1. The molecule has 0 aromatic carbocycles. The van der Waals surface area contributed by atoms with Gasteiger partial charge in [0.05, 0.1) is 0 Å². The summed E-state index contributed by atoms with van der Waals surface area (Å²) in [4.78, 5) is 29.0. The highest BCUT2D eigenvalue weighted by atomic mass is 16.4. The van der Waals surface area contributed by atoms with Crippen LogP contribution in [0.1, 0.15) is 47.7 Å². The van der Waals surface area contributed by atoms with Gasteiger partial charge in [-0.2, -0.15) is 0 Å². The minimum absolute atomic E-state index is 0.0939. The first-order valence-electron chi connectivity index (χ1n) is 6.50. The van der Waals surface area contributed by atoms with Crippen molar-refractivity contribution in [2.45, 2.75) is 32.7 Å². The first kappa shape index (κ1) is 13.5. The number of carbonyl (C=O) groups excluding carboxylic acids is 1. The van der Waals surface area contributed by atoms with Crippen molar-refractivity contribution in [1.29, 1.82) is 0 Å². The molecule has 1 saturated heterocycles. The Morgan fingerprint density at radius 3 is 2.63 bits per heavy atom. The predicted molar refractivity (Wildman–Crippen MR) is 70.1 cm³/mol. The molecule has 1 amide bonds. The van der Waals surface area contributed by atoms with E-state index in [1.54, 1.807) is 17.0 Å². The van der Waals surface area contributed by atoms with Crippen LogP contribution < -0.4 is 0 Å². The Kier molecular flexibility index (Phi) is 3.83. The maximum atomic E-state index is 12.4. The number of aromatic carboxylic acids is 1. The van der Waals surface area contributed by atoms with Crippen molar-refractivity contribution in [2.24, 2.45) is 5.92 Å². The van der Waals surface area contributed by atoms with Gasteiger partial charge in [0.1, 0.15) is 11.4 Å². The van der Waals surface area contributed by atoms with Gasteiger partial charge >= 0.3 is 5.97 Å². The maximum Gasteiger partial charge on any atom is 0.354 e. The van der Waals surface area contributed by atoms with Gasteiger partial charge in [0, 0.05) is 12.6 Å². The number of piperidine rings is 1. The summed E-state index contributed by atoms with van der Waals surface area (Å²) in [6.07, 6.45) is 2.10. The average Bonchev–Trinajstić information content (AvgIpc) is 2.41. The van der Waals surface area contributed by atoms with E-state index in [0.29, 0.717) is 12.5 Å². The molecule has 1 aliphatic heterocycles. The van der Waals surface area contributed by atoms with Gasteiger partial charge in [0.25, 0.3) is 5.91 Å². The molecule has 0 bridgehead atoms. The normalized spacial score (nSPS) is 23.2. The second-order valence-electron chi connectivity index (χ2n) is 5.20. The fourth-order valence-electron chi connectivity index (χ4n) is 2.39. The molecule has 0 saturated carbocycles. The summed E-state index contributed by atoms with van der Waals surface area (Å²) in [6.45, 7) is 4.84. The Balaban J connectivity index is 2.23. The van der Waals surface area contributed by atoms with E-state index in [1.165, 1.54) is 6.07 Å². The largest absolute Gasteiger partial charge is 0.477 e. The third kappa shape index (κ3) is 2.92. The number of likely N-dealkylation sites (tertiary alicyclic amines) is 1. The van der Waals surface area contributed by atoms with Crippen molar-refractivity contribution in [1.82, 2.24) is 9.88 Å². The van der Waals surface area contributed by atoms with Crippen molar-refractivity contribution in [2.75, 3.05) is 6.54 Å². The molecule has 2 atom stereocenters. The quantitative estimate of drug-likeness (QED) is 0.885. The van der Waals surface area contributed by atoms with Crippen LogP contribution in [-0.4, -0.2) is 39.5 Å². The molecule has 2 heterocycles. The van der Waals surface area contributed by atoms with Crippen LogP contribution in [0.3, 0.4) is 0 Å². The van der Waals surface area contributed by atoms with Crippen molar-refractivity contribution in [3.05, 3.63) is 29.6 Å². The summed E-state index contributed by atoms with van der Waals surface area (Å²) in [5, 5.41) is 8.91. The molecule has 102 valence electrons. The standard InChI is InChI=1S/C14H18N2O3/c1-9-6-7-10(2)16(8-9)13(17)11-4-3-5-12(15-11)14(18)19/h3-5,9-10H,6-8H2,1-2H3,(H,18,19). The van der Waals surface area contributed by atoms with Crippen molar-refractivity contribution in [3.8, 4) is 0 Å². The Hall–Kier alpha value is -1.91. The smallest absolute Gasteiger partial charge is 0.354 e. The molecular formula is C14H18N2O3. The molecule has 1 aromatic heterocycles. The van der Waals surface area contributed by atoms with Gasteiger partial charge < -0.3 is 10.0 Å². The van der Waals surface area contributed by atoms with Crippen LogP contribution >= 0.6 is 0 Å². The van der Waals surface area contributed by atoms with Crippen molar-refractivity contribution in [3.63, 3.8) is 0 Å². The van der Waals surface area contributed by atoms with Gasteiger partial charge in [-0.1, -0.05) is 13.0 Å². The van der Waals surface area contributed by atoms with Crippen molar-refractivity contribution < 1.29 is 14.7 Å². The van der Waals surface area contributed by atoms with Crippen LogP contribution in [0.25, 0.3) is 0 Å². The van der Waals surface area contributed by atoms with Gasteiger partial charge in [-0.05, 0) is 37.8 Å². The summed E-state index contributed by atoms with van der Waals surface area (Å²) >= 11 is 0. The van der Waals surface area contributed by atoms with Gasteiger partial charge in [-0.3, -0.25) is 4.79 Å². The Bertz CT molecular complexity index is 501. The molecule has 5 heteroatoms. The topological polar surface area (TPSA) is 70.5 Å². The van der Waals surface area contributed by atoms with Gasteiger partial charge in [-0.25, -0.2) is 9.78 Å². The van der Waals surface area contributed by atoms with Gasteiger partial charge in [-0.15, -0.1) is 0 Å². The van der Waals surface area contributed by atoms with Gasteiger partial charge in [0.2, 0.25) is 0 Å². The summed E-state index contributed by atoms with van der Waals surface area (Å²) in [6, 6.07) is 4.70. The van der Waals surface area contributed by atoms with Crippen LogP contribution in [0.15, 0.2) is 18.2 Å².